The maximum Gasteiger partial charge on any atom is 0.231 e. The van der Waals surface area contributed by atoms with Gasteiger partial charge in [-0.15, -0.1) is 0 Å². The van der Waals surface area contributed by atoms with E-state index in [0.29, 0.717) is 6.42 Å². The number of anilines is 1. The lowest BCUT2D eigenvalue weighted by Crippen LogP contribution is -2.20. The molecule has 2 aromatic carbocycles. The summed E-state index contributed by atoms with van der Waals surface area (Å²) < 4.78 is 2.09. The summed E-state index contributed by atoms with van der Waals surface area (Å²) in [4.78, 5) is 13.6. The molecule has 3 rings (SSSR count). The summed E-state index contributed by atoms with van der Waals surface area (Å²) in [5.74, 6) is 0.151. The summed E-state index contributed by atoms with van der Waals surface area (Å²) in [5.41, 5.74) is 4.42. The normalized spacial score (nSPS) is 15.2. The number of likely N-dealkylation sites (N-methyl/N-ethyl adjacent to an activating group) is 1. The van der Waals surface area contributed by atoms with Crippen LogP contribution in [0.2, 0.25) is 0 Å². The monoisotopic (exact) mass is 471 g/mol. The number of alkyl halides is 1. The molecule has 0 spiro atoms. The van der Waals surface area contributed by atoms with Crippen LogP contribution in [0.15, 0.2) is 45.3 Å². The number of benzene rings is 2. The van der Waals surface area contributed by atoms with Crippen LogP contribution in [0.25, 0.3) is 0 Å². The Morgan fingerprint density at radius 3 is 2.62 bits per heavy atom. The molecule has 1 unspecified atom stereocenters. The zero-order valence-electron chi connectivity index (χ0n) is 11.2. The number of amides is 1. The molecule has 0 saturated heterocycles. The number of rotatable bonds is 2. The second-order valence-corrected chi connectivity index (χ2v) is 7.73. The molecule has 0 aromatic heterocycles. The zero-order valence-corrected chi connectivity index (χ0v) is 16.0. The van der Waals surface area contributed by atoms with Gasteiger partial charge in [0.1, 0.15) is 0 Å². The third kappa shape index (κ3) is 2.83. The topological polar surface area (TPSA) is 20.3 Å². The number of fused-ring (bicyclic) bond motifs is 1. The Labute approximate surface area is 148 Å². The van der Waals surface area contributed by atoms with Crippen LogP contribution in [0.1, 0.15) is 21.5 Å². The Balaban J connectivity index is 1.98. The average Bonchev–Trinajstić information content (AvgIpc) is 2.73. The van der Waals surface area contributed by atoms with Gasteiger partial charge in [-0.25, -0.2) is 0 Å². The predicted octanol–water partition coefficient (Wildman–Crippen LogP) is 5.21. The lowest BCUT2D eigenvalue weighted by atomic mass is 10.0. The van der Waals surface area contributed by atoms with E-state index >= 15 is 0 Å². The molecule has 5 heteroatoms. The van der Waals surface area contributed by atoms with Gasteiger partial charge in [0, 0.05) is 21.7 Å². The Morgan fingerprint density at radius 1 is 1.14 bits per heavy atom. The molecule has 21 heavy (non-hydrogen) atoms. The number of carbonyl (C=O) groups is 1. The molecule has 1 aliphatic rings. The van der Waals surface area contributed by atoms with E-state index in [2.05, 4.69) is 66.0 Å². The fraction of sp³-hybridized carbons (Fsp3) is 0.188. The smallest absolute Gasteiger partial charge is 0.231 e. The van der Waals surface area contributed by atoms with Gasteiger partial charge in [0.25, 0.3) is 0 Å². The third-order valence-electron chi connectivity index (χ3n) is 3.71. The van der Waals surface area contributed by atoms with Crippen molar-refractivity contribution in [1.82, 2.24) is 0 Å². The molecule has 0 bridgehead atoms. The van der Waals surface area contributed by atoms with Gasteiger partial charge in [0.15, 0.2) is 0 Å². The van der Waals surface area contributed by atoms with Crippen LogP contribution >= 0.6 is 47.8 Å². The van der Waals surface area contributed by atoms with Crippen molar-refractivity contribution >= 4 is 59.4 Å². The molecular formula is C16H12Br3NO. The van der Waals surface area contributed by atoms with Crippen molar-refractivity contribution in [3.05, 3.63) is 62.0 Å². The van der Waals surface area contributed by atoms with Gasteiger partial charge in [-0.05, 0) is 34.9 Å². The van der Waals surface area contributed by atoms with E-state index in [-0.39, 0.29) is 10.7 Å². The highest BCUT2D eigenvalue weighted by atomic mass is 79.9. The molecule has 0 N–H and O–H groups in total. The predicted molar refractivity (Wildman–Crippen MR) is 96.2 cm³/mol. The number of nitrogens with zero attached hydrogens (tertiary/aromatic N) is 1. The highest BCUT2D eigenvalue weighted by Crippen LogP contribution is 2.39. The summed E-state index contributed by atoms with van der Waals surface area (Å²) in [6.07, 6.45) is 0.487. The first-order valence-corrected chi connectivity index (χ1v) is 8.96. The van der Waals surface area contributed by atoms with Crippen LogP contribution in [0.4, 0.5) is 5.69 Å². The van der Waals surface area contributed by atoms with Crippen molar-refractivity contribution in [2.45, 2.75) is 11.2 Å². The van der Waals surface area contributed by atoms with Crippen molar-refractivity contribution in [3.63, 3.8) is 0 Å². The van der Waals surface area contributed by atoms with Gasteiger partial charge in [-0.1, -0.05) is 66.0 Å². The largest absolute Gasteiger partial charge is 0.315 e. The van der Waals surface area contributed by atoms with Crippen molar-refractivity contribution in [1.29, 1.82) is 0 Å². The SMILES string of the molecule is CN1C(=O)Cc2cc(C(Br)c3ccc(Br)cc3Br)ccc21. The van der Waals surface area contributed by atoms with E-state index in [0.717, 1.165) is 31.3 Å². The fourth-order valence-corrected chi connectivity index (χ4v) is 4.80. The van der Waals surface area contributed by atoms with Gasteiger partial charge in [-0.3, -0.25) is 4.79 Å². The second kappa shape index (κ2) is 5.86. The van der Waals surface area contributed by atoms with Crippen molar-refractivity contribution in [2.75, 3.05) is 11.9 Å². The maximum absolute atomic E-state index is 11.8. The van der Waals surface area contributed by atoms with Gasteiger partial charge >= 0.3 is 0 Å². The first kappa shape index (κ1) is 15.3. The summed E-state index contributed by atoms with van der Waals surface area (Å²) in [6.45, 7) is 0. The Bertz CT molecular complexity index is 729. The van der Waals surface area contributed by atoms with Crippen LogP contribution in [-0.4, -0.2) is 13.0 Å². The number of halogens is 3. The lowest BCUT2D eigenvalue weighted by molar-refractivity contribution is -0.117. The maximum atomic E-state index is 11.8. The standard InChI is InChI=1S/C16H12Br3NO/c1-20-14-5-2-9(6-10(14)7-15(20)21)16(19)12-4-3-11(17)8-13(12)18/h2-6,8,16H,7H2,1H3. The van der Waals surface area contributed by atoms with Crippen LogP contribution in [0, 0.1) is 0 Å². The van der Waals surface area contributed by atoms with Crippen LogP contribution in [0.5, 0.6) is 0 Å². The van der Waals surface area contributed by atoms with E-state index in [1.165, 1.54) is 0 Å². The fourth-order valence-electron chi connectivity index (χ4n) is 2.53. The molecule has 2 aromatic rings. The van der Waals surface area contributed by atoms with Crippen molar-refractivity contribution in [2.24, 2.45) is 0 Å². The van der Waals surface area contributed by atoms with Gasteiger partial charge < -0.3 is 4.90 Å². The van der Waals surface area contributed by atoms with Gasteiger partial charge in [0.2, 0.25) is 5.91 Å². The second-order valence-electron chi connectivity index (χ2n) is 5.05. The molecule has 108 valence electrons. The third-order valence-corrected chi connectivity index (χ3v) is 5.91. The molecule has 0 aliphatic carbocycles. The summed E-state index contributed by atoms with van der Waals surface area (Å²) in [6, 6.07) is 12.4. The number of hydrogen-bond donors (Lipinski definition) is 0. The Morgan fingerprint density at radius 2 is 1.90 bits per heavy atom. The van der Waals surface area contributed by atoms with E-state index < -0.39 is 0 Å². The van der Waals surface area contributed by atoms with E-state index in [1.807, 2.05) is 25.2 Å². The van der Waals surface area contributed by atoms with Crippen LogP contribution in [-0.2, 0) is 11.2 Å². The minimum absolute atomic E-state index is 0.0892. The van der Waals surface area contributed by atoms with Gasteiger partial charge in [-0.2, -0.15) is 0 Å². The molecule has 0 radical (unpaired) electrons. The number of carbonyl (C=O) groups excluding carboxylic acids is 1. The Kier molecular flexibility index (Phi) is 4.26. The zero-order chi connectivity index (χ0) is 15.1. The molecule has 1 heterocycles. The summed E-state index contributed by atoms with van der Waals surface area (Å²) >= 11 is 10.8. The van der Waals surface area contributed by atoms with Crippen LogP contribution in [0.3, 0.4) is 0 Å². The first-order valence-electron chi connectivity index (χ1n) is 6.46. The van der Waals surface area contributed by atoms with E-state index in [4.69, 9.17) is 0 Å². The quantitative estimate of drug-likeness (QED) is 0.548. The summed E-state index contributed by atoms with van der Waals surface area (Å²) in [7, 11) is 1.82. The molecule has 2 nitrogen and oxygen atoms in total. The molecular weight excluding hydrogens is 462 g/mol. The Hall–Kier alpha value is -0.650. The van der Waals surface area contributed by atoms with E-state index in [9.17, 15) is 4.79 Å². The van der Waals surface area contributed by atoms with Crippen LogP contribution < -0.4 is 4.90 Å². The first-order chi connectivity index (χ1) is 9.97. The highest BCUT2D eigenvalue weighted by Gasteiger charge is 2.25. The minimum Gasteiger partial charge on any atom is -0.315 e. The molecule has 1 atom stereocenters. The van der Waals surface area contributed by atoms with Crippen molar-refractivity contribution < 1.29 is 4.79 Å². The van der Waals surface area contributed by atoms with E-state index in [1.54, 1.807) is 4.90 Å². The number of hydrogen-bond acceptors (Lipinski definition) is 1. The minimum atomic E-state index is 0.0892. The van der Waals surface area contributed by atoms with Gasteiger partial charge in [0.05, 0.1) is 11.2 Å². The summed E-state index contributed by atoms with van der Waals surface area (Å²) in [5, 5.41) is 0. The molecule has 0 fully saturated rings. The molecule has 1 amide bonds. The lowest BCUT2D eigenvalue weighted by Gasteiger charge is -2.15. The molecule has 1 aliphatic heterocycles. The molecule has 0 saturated carbocycles. The average molecular weight is 474 g/mol. The highest BCUT2D eigenvalue weighted by molar-refractivity contribution is 9.11. The van der Waals surface area contributed by atoms with Crippen molar-refractivity contribution in [3.8, 4) is 0 Å².